The Morgan fingerprint density at radius 2 is 0.930 bits per heavy atom. The quantitative estimate of drug-likeness (QED) is 0.174. The number of rotatable bonds is 5. The Balaban J connectivity index is 1.09. The maximum Gasteiger partial charge on any atom is 0.164 e. The number of benzene rings is 7. The molecule has 0 saturated carbocycles. The van der Waals surface area contributed by atoms with Crippen LogP contribution in [-0.2, 0) is 0 Å². The first-order valence-corrected chi connectivity index (χ1v) is 18.8. The van der Waals surface area contributed by atoms with Crippen molar-refractivity contribution in [2.24, 2.45) is 0 Å². The third-order valence-electron chi connectivity index (χ3n) is 10.9. The van der Waals surface area contributed by atoms with Gasteiger partial charge in [0.05, 0.1) is 0 Å². The summed E-state index contributed by atoms with van der Waals surface area (Å²) in [5.41, 5.74) is 11.4. The molecule has 5 heterocycles. The molecule has 0 aliphatic carbocycles. The van der Waals surface area contributed by atoms with Gasteiger partial charge in [0.1, 0.15) is 33.5 Å². The lowest BCUT2D eigenvalue weighted by Gasteiger charge is -2.11. The maximum absolute atomic E-state index is 6.78. The van der Waals surface area contributed by atoms with E-state index >= 15 is 0 Å². The van der Waals surface area contributed by atoms with E-state index in [0.29, 0.717) is 17.5 Å². The second-order valence-electron chi connectivity index (χ2n) is 14.2. The van der Waals surface area contributed by atoms with Gasteiger partial charge in [0, 0.05) is 67.0 Å². The van der Waals surface area contributed by atoms with Gasteiger partial charge >= 0.3 is 0 Å². The van der Waals surface area contributed by atoms with Gasteiger partial charge < -0.3 is 13.3 Å². The van der Waals surface area contributed by atoms with Gasteiger partial charge in [-0.2, -0.15) is 0 Å². The molecular weight excluding hydrogens is 705 g/mol. The molecule has 0 amide bonds. The van der Waals surface area contributed by atoms with Crippen molar-refractivity contribution in [3.8, 4) is 56.4 Å². The normalized spacial score (nSPS) is 11.9. The van der Waals surface area contributed by atoms with Crippen molar-refractivity contribution in [3.63, 3.8) is 0 Å². The molecule has 266 valence electrons. The van der Waals surface area contributed by atoms with Crippen LogP contribution in [0.25, 0.3) is 122 Å². The third-order valence-corrected chi connectivity index (χ3v) is 10.9. The maximum atomic E-state index is 6.78. The van der Waals surface area contributed by atoms with Crippen molar-refractivity contribution in [1.29, 1.82) is 0 Å². The van der Waals surface area contributed by atoms with E-state index in [4.69, 9.17) is 28.2 Å². The Labute approximate surface area is 324 Å². The molecule has 0 saturated heterocycles. The number of pyridine rings is 1. The van der Waals surface area contributed by atoms with Gasteiger partial charge in [-0.05, 0) is 71.3 Å². The molecule has 0 bridgehead atoms. The summed E-state index contributed by atoms with van der Waals surface area (Å²) in [5.74, 6) is 1.62. The van der Waals surface area contributed by atoms with E-state index in [9.17, 15) is 0 Å². The smallest absolute Gasteiger partial charge is 0.164 e. The van der Waals surface area contributed by atoms with Crippen LogP contribution in [0.1, 0.15) is 0 Å². The minimum absolute atomic E-state index is 0.533. The number of hydrogen-bond donors (Lipinski definition) is 0. The number of aromatic nitrogens is 4. The molecule has 5 aromatic heterocycles. The molecule has 0 spiro atoms. The van der Waals surface area contributed by atoms with Crippen LogP contribution >= 0.6 is 0 Å². The minimum Gasteiger partial charge on any atom is -0.456 e. The number of hydrogen-bond acceptors (Lipinski definition) is 7. The molecule has 0 aliphatic rings. The van der Waals surface area contributed by atoms with Crippen molar-refractivity contribution >= 4 is 65.8 Å². The fourth-order valence-corrected chi connectivity index (χ4v) is 8.19. The molecule has 0 atom stereocenters. The monoisotopic (exact) mass is 732 g/mol. The number of fused-ring (bicyclic) bond motifs is 9. The first-order chi connectivity index (χ1) is 28.2. The van der Waals surface area contributed by atoms with Crippen LogP contribution in [-0.4, -0.2) is 19.9 Å². The van der Waals surface area contributed by atoms with Crippen LogP contribution in [0.2, 0.25) is 0 Å². The van der Waals surface area contributed by atoms with Gasteiger partial charge in [0.25, 0.3) is 0 Å². The summed E-state index contributed by atoms with van der Waals surface area (Å²) in [7, 11) is 0. The van der Waals surface area contributed by atoms with Crippen LogP contribution in [0.3, 0.4) is 0 Å². The van der Waals surface area contributed by atoms with E-state index in [1.807, 2.05) is 85.1 Å². The molecular formula is C50H28N4O3. The highest BCUT2D eigenvalue weighted by Crippen LogP contribution is 2.45. The number of nitrogens with zero attached hydrogens (tertiary/aromatic N) is 4. The van der Waals surface area contributed by atoms with Crippen molar-refractivity contribution < 1.29 is 13.3 Å². The second-order valence-corrected chi connectivity index (χ2v) is 14.2. The molecule has 0 fully saturated rings. The fourth-order valence-electron chi connectivity index (χ4n) is 8.19. The molecule has 7 nitrogen and oxygen atoms in total. The van der Waals surface area contributed by atoms with Gasteiger partial charge in [-0.15, -0.1) is 0 Å². The highest BCUT2D eigenvalue weighted by Gasteiger charge is 2.23. The Morgan fingerprint density at radius 3 is 1.72 bits per heavy atom. The fraction of sp³-hybridized carbons (Fsp3) is 0. The zero-order valence-corrected chi connectivity index (χ0v) is 30.2. The van der Waals surface area contributed by atoms with Crippen LogP contribution in [0.15, 0.2) is 183 Å². The van der Waals surface area contributed by atoms with Gasteiger partial charge in [0.15, 0.2) is 17.5 Å². The lowest BCUT2D eigenvalue weighted by molar-refractivity contribution is 0.668. The van der Waals surface area contributed by atoms with E-state index in [-0.39, 0.29) is 0 Å². The molecule has 7 aromatic carbocycles. The van der Waals surface area contributed by atoms with E-state index in [1.54, 1.807) is 6.20 Å². The molecule has 0 unspecified atom stereocenters. The first-order valence-electron chi connectivity index (χ1n) is 18.8. The van der Waals surface area contributed by atoms with Gasteiger partial charge in [-0.3, -0.25) is 4.98 Å². The Hall–Kier alpha value is -7.90. The minimum atomic E-state index is 0.533. The highest BCUT2D eigenvalue weighted by molar-refractivity contribution is 6.20. The Bertz CT molecular complexity index is 3530. The van der Waals surface area contributed by atoms with Gasteiger partial charge in [0.2, 0.25) is 0 Å². The lowest BCUT2D eigenvalue weighted by atomic mass is 9.95. The van der Waals surface area contributed by atoms with Crippen LogP contribution in [0.4, 0.5) is 0 Å². The largest absolute Gasteiger partial charge is 0.456 e. The predicted octanol–water partition coefficient (Wildman–Crippen LogP) is 13.3. The number of para-hydroxylation sites is 3. The Morgan fingerprint density at radius 1 is 0.333 bits per heavy atom. The summed E-state index contributed by atoms with van der Waals surface area (Å²) in [6.07, 6.45) is 3.64. The van der Waals surface area contributed by atoms with Crippen molar-refractivity contribution in [2.45, 2.75) is 0 Å². The molecule has 0 N–H and O–H groups in total. The van der Waals surface area contributed by atoms with Crippen molar-refractivity contribution in [2.75, 3.05) is 0 Å². The van der Waals surface area contributed by atoms with Crippen molar-refractivity contribution in [3.05, 3.63) is 170 Å². The molecule has 12 rings (SSSR count). The predicted molar refractivity (Wildman–Crippen MR) is 227 cm³/mol. The zero-order chi connectivity index (χ0) is 37.5. The Kier molecular flexibility index (Phi) is 6.79. The summed E-state index contributed by atoms with van der Waals surface area (Å²) < 4.78 is 19.4. The molecule has 57 heavy (non-hydrogen) atoms. The van der Waals surface area contributed by atoms with Crippen molar-refractivity contribution in [1.82, 2.24) is 19.9 Å². The van der Waals surface area contributed by atoms with E-state index in [1.165, 1.54) is 0 Å². The summed E-state index contributed by atoms with van der Waals surface area (Å²) in [6.45, 7) is 0. The van der Waals surface area contributed by atoms with Gasteiger partial charge in [-0.1, -0.05) is 103 Å². The third kappa shape index (κ3) is 4.99. The molecule has 7 heteroatoms. The van der Waals surface area contributed by atoms with E-state index in [2.05, 4.69) is 83.8 Å². The van der Waals surface area contributed by atoms with Crippen LogP contribution in [0.5, 0.6) is 0 Å². The topological polar surface area (TPSA) is 91.0 Å². The summed E-state index contributed by atoms with van der Waals surface area (Å²) in [6, 6.07) is 53.2. The average molecular weight is 733 g/mol. The molecule has 0 aliphatic heterocycles. The summed E-state index contributed by atoms with van der Waals surface area (Å²) in [4.78, 5) is 19.8. The van der Waals surface area contributed by atoms with Gasteiger partial charge in [-0.25, -0.2) is 15.0 Å². The van der Waals surface area contributed by atoms with E-state index < -0.39 is 0 Å². The zero-order valence-electron chi connectivity index (χ0n) is 30.2. The van der Waals surface area contributed by atoms with Crippen LogP contribution in [0, 0.1) is 0 Å². The summed E-state index contributed by atoms with van der Waals surface area (Å²) >= 11 is 0. The standard InChI is InChI=1S/C50H28N4O3/c1-4-14-40-33(10-1)34-23-22-31(27-44(34)56-40)49-52-48(30-20-18-29(19-21-30)32-9-8-26-51-28-32)53-50(54-49)39-25-24-36(47-46(39)38-12-3-6-16-42(38)57-47)35-13-7-17-43-45(35)37-11-2-5-15-41(37)55-43/h1-28H. The average Bonchev–Trinajstić information content (AvgIpc) is 3.98. The number of furan rings is 3. The molecule has 12 aromatic rings. The summed E-state index contributed by atoms with van der Waals surface area (Å²) in [5, 5.41) is 6.11. The second kappa shape index (κ2) is 12.3. The SMILES string of the molecule is c1cncc(-c2ccc(-c3nc(-c4ccc5c(c4)oc4ccccc45)nc(-c4ccc(-c5cccc6oc7ccccc7c56)c5oc6ccccc6c45)n3)cc2)c1. The highest BCUT2D eigenvalue weighted by atomic mass is 16.3. The van der Waals surface area contributed by atoms with Crippen LogP contribution < -0.4 is 0 Å². The van der Waals surface area contributed by atoms with E-state index in [0.717, 1.165) is 105 Å². The lowest BCUT2D eigenvalue weighted by Crippen LogP contribution is -2.00. The molecule has 0 radical (unpaired) electrons. The first kappa shape index (κ1) is 31.5.